The molecule has 0 spiro atoms. The summed E-state index contributed by atoms with van der Waals surface area (Å²) in [5, 5.41) is 8.70. The van der Waals surface area contributed by atoms with E-state index in [2.05, 4.69) is 0 Å². The van der Waals surface area contributed by atoms with Gasteiger partial charge in [-0.3, -0.25) is 0 Å². The molecule has 0 bridgehead atoms. The molecule has 0 amide bonds. The average Bonchev–Trinajstić information content (AvgIpc) is 2.31. The van der Waals surface area contributed by atoms with Crippen LogP contribution in [0.4, 0.5) is 10.1 Å². The Morgan fingerprint density at radius 1 is 1.47 bits per heavy atom. The number of hydrogen-bond acceptors (Lipinski definition) is 4. The fourth-order valence-electron chi connectivity index (χ4n) is 1.24. The van der Waals surface area contributed by atoms with Gasteiger partial charge in [0.2, 0.25) is 0 Å². The summed E-state index contributed by atoms with van der Waals surface area (Å²) in [5.41, 5.74) is 6.13. The maximum Gasteiger partial charge on any atom is 0.167 e. The molecule has 0 heterocycles. The van der Waals surface area contributed by atoms with Crippen molar-refractivity contribution in [3.63, 3.8) is 0 Å². The molecule has 0 saturated carbocycles. The van der Waals surface area contributed by atoms with Gasteiger partial charge in [0.25, 0.3) is 0 Å². The number of rotatable bonds is 7. The molecule has 0 aliphatic carbocycles. The van der Waals surface area contributed by atoms with Crippen molar-refractivity contribution >= 4 is 17.4 Å². The van der Waals surface area contributed by atoms with Crippen LogP contribution in [0.25, 0.3) is 0 Å². The quantitative estimate of drug-likeness (QED) is 0.449. The molecule has 1 aromatic carbocycles. The Hall–Kier alpha value is -0.940. The van der Waals surface area contributed by atoms with Crippen LogP contribution < -0.4 is 10.5 Å². The number of nitrogens with two attached hydrogens (primary N) is 1. The molecule has 1 rings (SSSR count). The molecule has 0 unspecified atom stereocenters. The maximum absolute atomic E-state index is 13.5. The Morgan fingerprint density at radius 3 is 2.88 bits per heavy atom. The van der Waals surface area contributed by atoms with Crippen LogP contribution in [0, 0.1) is 5.82 Å². The van der Waals surface area contributed by atoms with Crippen molar-refractivity contribution in [2.75, 3.05) is 24.7 Å². The number of anilines is 1. The van der Waals surface area contributed by atoms with E-state index in [1.165, 1.54) is 17.8 Å². The van der Waals surface area contributed by atoms with E-state index in [1.807, 2.05) is 6.92 Å². The predicted molar refractivity (Wildman–Crippen MR) is 69.0 cm³/mol. The highest BCUT2D eigenvalue weighted by atomic mass is 32.2. The summed E-state index contributed by atoms with van der Waals surface area (Å²) in [6.07, 6.45) is 1.52. The van der Waals surface area contributed by atoms with Gasteiger partial charge in [0, 0.05) is 29.0 Å². The van der Waals surface area contributed by atoms with Crippen molar-refractivity contribution in [2.24, 2.45) is 0 Å². The molecule has 0 fully saturated rings. The van der Waals surface area contributed by atoms with Crippen molar-refractivity contribution in [1.82, 2.24) is 0 Å². The van der Waals surface area contributed by atoms with Gasteiger partial charge in [0.05, 0.1) is 6.61 Å². The number of thioether (sulfide) groups is 1. The number of ether oxygens (including phenoxy) is 1. The molecule has 1 aromatic rings. The lowest BCUT2D eigenvalue weighted by molar-refractivity contribution is 0.296. The minimum atomic E-state index is -0.428. The molecular weight excluding hydrogens is 241 g/mol. The highest BCUT2D eigenvalue weighted by Crippen LogP contribution is 2.32. The van der Waals surface area contributed by atoms with E-state index < -0.39 is 5.82 Å². The molecule has 5 heteroatoms. The molecule has 17 heavy (non-hydrogen) atoms. The molecule has 3 N–H and O–H groups in total. The fraction of sp³-hybridized carbons (Fsp3) is 0.500. The van der Waals surface area contributed by atoms with Crippen LogP contribution in [0.15, 0.2) is 17.0 Å². The first-order valence-electron chi connectivity index (χ1n) is 5.64. The summed E-state index contributed by atoms with van der Waals surface area (Å²) in [5.74, 6) is 0.564. The molecule has 0 aliphatic heterocycles. The molecule has 3 nitrogen and oxygen atoms in total. The minimum absolute atomic E-state index is 0.146. The Bertz CT molecular complexity index is 361. The van der Waals surface area contributed by atoms with Crippen molar-refractivity contribution in [3.05, 3.63) is 17.9 Å². The van der Waals surface area contributed by atoms with E-state index in [9.17, 15) is 4.39 Å². The van der Waals surface area contributed by atoms with Gasteiger partial charge in [-0.2, -0.15) is 0 Å². The topological polar surface area (TPSA) is 55.5 Å². The largest absolute Gasteiger partial charge is 0.490 e. The number of halogens is 1. The molecule has 0 aliphatic rings. The van der Waals surface area contributed by atoms with Crippen molar-refractivity contribution in [2.45, 2.75) is 24.7 Å². The smallest absolute Gasteiger partial charge is 0.167 e. The van der Waals surface area contributed by atoms with Gasteiger partial charge in [-0.15, -0.1) is 11.8 Å². The summed E-state index contributed by atoms with van der Waals surface area (Å²) in [7, 11) is 0. The molecular formula is C12H18FNO2S. The van der Waals surface area contributed by atoms with Gasteiger partial charge < -0.3 is 15.6 Å². The SMILES string of the molecule is CCCOc1cc(SCCCO)c(N)cc1F. The normalized spacial score (nSPS) is 10.5. The van der Waals surface area contributed by atoms with Gasteiger partial charge in [-0.1, -0.05) is 6.92 Å². The third-order valence-corrected chi connectivity index (χ3v) is 3.24. The lowest BCUT2D eigenvalue weighted by Crippen LogP contribution is -2.00. The van der Waals surface area contributed by atoms with Crippen LogP contribution in [0.1, 0.15) is 19.8 Å². The highest BCUT2D eigenvalue weighted by Gasteiger charge is 2.09. The van der Waals surface area contributed by atoms with Crippen molar-refractivity contribution in [1.29, 1.82) is 0 Å². The summed E-state index contributed by atoms with van der Waals surface area (Å²) < 4.78 is 18.8. The number of aliphatic hydroxyl groups is 1. The van der Waals surface area contributed by atoms with Gasteiger partial charge in [0.1, 0.15) is 0 Å². The highest BCUT2D eigenvalue weighted by molar-refractivity contribution is 7.99. The zero-order chi connectivity index (χ0) is 12.7. The average molecular weight is 259 g/mol. The number of benzene rings is 1. The van der Waals surface area contributed by atoms with Gasteiger partial charge in [-0.05, 0) is 18.9 Å². The van der Waals surface area contributed by atoms with Crippen LogP contribution in [0.3, 0.4) is 0 Å². The zero-order valence-corrected chi connectivity index (χ0v) is 10.7. The third kappa shape index (κ3) is 4.44. The molecule has 96 valence electrons. The Labute approximate surface area is 105 Å². The lowest BCUT2D eigenvalue weighted by atomic mass is 10.3. The standard InChI is InChI=1S/C12H18FNO2S/c1-2-5-16-11-8-12(17-6-3-4-15)10(14)7-9(11)13/h7-8,15H,2-6,14H2,1H3. The number of nitrogen functional groups attached to an aromatic ring is 1. The zero-order valence-electron chi connectivity index (χ0n) is 9.91. The van der Waals surface area contributed by atoms with E-state index in [1.54, 1.807) is 6.07 Å². The monoisotopic (exact) mass is 259 g/mol. The second kappa shape index (κ2) is 7.40. The maximum atomic E-state index is 13.5. The third-order valence-electron chi connectivity index (χ3n) is 2.09. The Morgan fingerprint density at radius 2 is 2.24 bits per heavy atom. The molecule has 0 aromatic heterocycles. The van der Waals surface area contributed by atoms with Crippen molar-refractivity contribution < 1.29 is 14.2 Å². The van der Waals surface area contributed by atoms with E-state index in [0.717, 1.165) is 17.1 Å². The Balaban J connectivity index is 2.74. The summed E-state index contributed by atoms with van der Waals surface area (Å²) >= 11 is 1.50. The van der Waals surface area contributed by atoms with Crippen LogP contribution in [0.2, 0.25) is 0 Å². The second-order valence-electron chi connectivity index (χ2n) is 3.59. The van der Waals surface area contributed by atoms with E-state index in [-0.39, 0.29) is 12.4 Å². The molecule has 0 saturated heterocycles. The van der Waals surface area contributed by atoms with Crippen molar-refractivity contribution in [3.8, 4) is 5.75 Å². The van der Waals surface area contributed by atoms with Crippen LogP contribution in [-0.2, 0) is 0 Å². The van der Waals surface area contributed by atoms with Gasteiger partial charge in [-0.25, -0.2) is 4.39 Å². The minimum Gasteiger partial charge on any atom is -0.490 e. The summed E-state index contributed by atoms with van der Waals surface area (Å²) in [6, 6.07) is 2.91. The van der Waals surface area contributed by atoms with E-state index >= 15 is 0 Å². The number of hydrogen-bond donors (Lipinski definition) is 2. The molecule has 0 atom stereocenters. The first-order valence-corrected chi connectivity index (χ1v) is 6.63. The van der Waals surface area contributed by atoms with Crippen LogP contribution in [-0.4, -0.2) is 24.1 Å². The van der Waals surface area contributed by atoms with Gasteiger partial charge in [0.15, 0.2) is 11.6 Å². The predicted octanol–water partition coefficient (Wildman–Crippen LogP) is 2.67. The Kier molecular flexibility index (Phi) is 6.15. The second-order valence-corrected chi connectivity index (χ2v) is 4.73. The van der Waals surface area contributed by atoms with E-state index in [0.29, 0.717) is 18.7 Å². The lowest BCUT2D eigenvalue weighted by Gasteiger charge is -2.10. The van der Waals surface area contributed by atoms with E-state index in [4.69, 9.17) is 15.6 Å². The molecule has 0 radical (unpaired) electrons. The van der Waals surface area contributed by atoms with Crippen LogP contribution in [0.5, 0.6) is 5.75 Å². The summed E-state index contributed by atoms with van der Waals surface area (Å²) in [6.45, 7) is 2.60. The van der Waals surface area contributed by atoms with Gasteiger partial charge >= 0.3 is 0 Å². The first kappa shape index (κ1) is 14.1. The van der Waals surface area contributed by atoms with Crippen LogP contribution >= 0.6 is 11.8 Å². The fourth-order valence-corrected chi connectivity index (χ4v) is 2.15. The summed E-state index contributed by atoms with van der Waals surface area (Å²) in [4.78, 5) is 0.797. The number of aliphatic hydroxyl groups excluding tert-OH is 1. The first-order chi connectivity index (χ1) is 8.19.